The molecule has 1 N–H and O–H groups in total. The van der Waals surface area contributed by atoms with Crippen LogP contribution in [0.25, 0.3) is 0 Å². The number of amides is 1. The van der Waals surface area contributed by atoms with Gasteiger partial charge in [-0.15, -0.1) is 0 Å². The Morgan fingerprint density at radius 2 is 1.30 bits per heavy atom. The van der Waals surface area contributed by atoms with Gasteiger partial charge >= 0.3 is 0 Å². The summed E-state index contributed by atoms with van der Waals surface area (Å²) in [5, 5.41) is 2.96. The molecule has 0 fully saturated rings. The summed E-state index contributed by atoms with van der Waals surface area (Å²) in [6, 6.07) is 0. The monoisotopic (exact) mass is 327 g/mol. The van der Waals surface area contributed by atoms with Crippen molar-refractivity contribution in [2.45, 2.75) is 111 Å². The summed E-state index contributed by atoms with van der Waals surface area (Å²) in [5.41, 5.74) is 0. The zero-order valence-electron chi connectivity index (χ0n) is 16.5. The SMILES string of the molecule is CCC.CCCCCC/C=C\CNC(=O)CCCCCCCC.[HH]. The topological polar surface area (TPSA) is 29.1 Å². The standard InChI is InChI=1S/C18H35NO.C3H8.H2/c1-3-5-7-9-11-13-15-17-19-18(20)16-14-12-10-8-6-4-2;1-3-2;/h13,15H,3-12,14,16-17H2,1-2H3,(H,19,20);3H2,1-2H3;1H/b15-13-;;. The van der Waals surface area contributed by atoms with Crippen LogP contribution < -0.4 is 5.32 Å². The van der Waals surface area contributed by atoms with Crippen LogP contribution in [0.1, 0.15) is 113 Å². The Morgan fingerprint density at radius 3 is 1.91 bits per heavy atom. The predicted octanol–water partition coefficient (Wildman–Crippen LogP) is 7.04. The fourth-order valence-electron chi connectivity index (χ4n) is 2.22. The van der Waals surface area contributed by atoms with Crippen LogP contribution in [0.5, 0.6) is 0 Å². The van der Waals surface area contributed by atoms with Gasteiger partial charge in [-0.3, -0.25) is 4.79 Å². The van der Waals surface area contributed by atoms with Crippen LogP contribution in [0, 0.1) is 0 Å². The van der Waals surface area contributed by atoms with E-state index in [4.69, 9.17) is 0 Å². The van der Waals surface area contributed by atoms with Crippen molar-refractivity contribution >= 4 is 5.91 Å². The quantitative estimate of drug-likeness (QED) is 0.269. The highest BCUT2D eigenvalue weighted by molar-refractivity contribution is 5.75. The van der Waals surface area contributed by atoms with Crippen LogP contribution in [-0.2, 0) is 4.79 Å². The number of allylic oxidation sites excluding steroid dienone is 1. The average molecular weight is 328 g/mol. The lowest BCUT2D eigenvalue weighted by Gasteiger charge is -2.02. The summed E-state index contributed by atoms with van der Waals surface area (Å²) in [6.45, 7) is 9.41. The molecule has 0 rings (SSSR count). The van der Waals surface area contributed by atoms with Crippen LogP contribution in [0.4, 0.5) is 0 Å². The Kier molecular flexibility index (Phi) is 25.0. The maximum absolute atomic E-state index is 11.6. The Balaban J connectivity index is -0.00000102. The number of nitrogens with one attached hydrogen (secondary N) is 1. The summed E-state index contributed by atoms with van der Waals surface area (Å²) in [4.78, 5) is 11.6. The van der Waals surface area contributed by atoms with E-state index >= 15 is 0 Å². The maximum Gasteiger partial charge on any atom is 0.220 e. The first-order valence-corrected chi connectivity index (χ1v) is 10.1. The van der Waals surface area contributed by atoms with E-state index in [0.29, 0.717) is 13.0 Å². The molecule has 2 nitrogen and oxygen atoms in total. The average Bonchev–Trinajstić information content (AvgIpc) is 2.54. The van der Waals surface area contributed by atoms with Gasteiger partial charge in [0.1, 0.15) is 0 Å². The molecule has 0 bridgehead atoms. The number of rotatable bonds is 14. The summed E-state index contributed by atoms with van der Waals surface area (Å²) in [7, 11) is 0. The second kappa shape index (κ2) is 23.5. The number of hydrogen-bond acceptors (Lipinski definition) is 1. The van der Waals surface area contributed by atoms with Crippen molar-refractivity contribution in [1.82, 2.24) is 5.32 Å². The summed E-state index contributed by atoms with van der Waals surface area (Å²) >= 11 is 0. The molecule has 0 heterocycles. The van der Waals surface area contributed by atoms with E-state index in [2.05, 4.69) is 45.2 Å². The minimum atomic E-state index is 0. The van der Waals surface area contributed by atoms with Gasteiger partial charge in [0.05, 0.1) is 0 Å². The first-order valence-electron chi connectivity index (χ1n) is 10.1. The van der Waals surface area contributed by atoms with Crippen molar-refractivity contribution in [3.63, 3.8) is 0 Å². The molecule has 2 heteroatoms. The van der Waals surface area contributed by atoms with Gasteiger partial charge in [0, 0.05) is 14.4 Å². The van der Waals surface area contributed by atoms with Crippen molar-refractivity contribution in [3.05, 3.63) is 12.2 Å². The Labute approximate surface area is 148 Å². The molecule has 1 amide bonds. The predicted molar refractivity (Wildman–Crippen MR) is 107 cm³/mol. The molecule has 0 unspecified atom stereocenters. The normalized spacial score (nSPS) is 10.4. The summed E-state index contributed by atoms with van der Waals surface area (Å²) in [6.07, 6.45) is 20.0. The molecular weight excluding hydrogens is 282 g/mol. The van der Waals surface area contributed by atoms with E-state index in [1.807, 2.05) is 0 Å². The molecule has 0 aliphatic carbocycles. The lowest BCUT2D eigenvalue weighted by atomic mass is 10.1. The van der Waals surface area contributed by atoms with E-state index in [1.54, 1.807) is 0 Å². The number of carbonyl (C=O) groups is 1. The largest absolute Gasteiger partial charge is 0.353 e. The van der Waals surface area contributed by atoms with E-state index < -0.39 is 0 Å². The van der Waals surface area contributed by atoms with Gasteiger partial charge in [-0.25, -0.2) is 0 Å². The molecule has 0 saturated carbocycles. The van der Waals surface area contributed by atoms with Crippen LogP contribution in [0.15, 0.2) is 12.2 Å². The zero-order chi connectivity index (χ0) is 17.6. The molecule has 140 valence electrons. The minimum absolute atomic E-state index is 0. The molecule has 0 aromatic rings. The van der Waals surface area contributed by atoms with Crippen LogP contribution in [-0.4, -0.2) is 12.5 Å². The van der Waals surface area contributed by atoms with Crippen molar-refractivity contribution < 1.29 is 6.22 Å². The number of carbonyl (C=O) groups excluding carboxylic acids is 1. The molecule has 0 radical (unpaired) electrons. The van der Waals surface area contributed by atoms with Crippen LogP contribution in [0.3, 0.4) is 0 Å². The second-order valence-electron chi connectivity index (χ2n) is 6.35. The molecular formula is C21H45NO. The van der Waals surface area contributed by atoms with E-state index in [1.165, 1.54) is 64.2 Å². The van der Waals surface area contributed by atoms with Crippen molar-refractivity contribution in [2.75, 3.05) is 6.54 Å². The van der Waals surface area contributed by atoms with Gasteiger partial charge in [-0.05, 0) is 19.3 Å². The number of hydrogen-bond donors (Lipinski definition) is 1. The fourth-order valence-corrected chi connectivity index (χ4v) is 2.22. The Hall–Kier alpha value is -0.790. The lowest BCUT2D eigenvalue weighted by Crippen LogP contribution is -2.22. The highest BCUT2D eigenvalue weighted by Gasteiger charge is 1.98. The first kappa shape index (κ1) is 24.5. The first-order chi connectivity index (χ1) is 11.2. The van der Waals surface area contributed by atoms with E-state index in [0.717, 1.165) is 12.8 Å². The third-order valence-electron chi connectivity index (χ3n) is 3.57. The molecule has 23 heavy (non-hydrogen) atoms. The third-order valence-corrected chi connectivity index (χ3v) is 3.57. The van der Waals surface area contributed by atoms with Gasteiger partial charge < -0.3 is 5.32 Å². The molecule has 0 saturated heterocycles. The van der Waals surface area contributed by atoms with E-state index in [-0.39, 0.29) is 7.33 Å². The van der Waals surface area contributed by atoms with Crippen LogP contribution in [0.2, 0.25) is 0 Å². The van der Waals surface area contributed by atoms with Crippen LogP contribution >= 0.6 is 0 Å². The zero-order valence-corrected chi connectivity index (χ0v) is 16.5. The molecule has 0 aromatic heterocycles. The van der Waals surface area contributed by atoms with Crippen molar-refractivity contribution in [2.24, 2.45) is 0 Å². The van der Waals surface area contributed by atoms with Gasteiger partial charge in [0.25, 0.3) is 0 Å². The molecule has 0 atom stereocenters. The molecule has 0 spiro atoms. The van der Waals surface area contributed by atoms with Crippen molar-refractivity contribution in [3.8, 4) is 0 Å². The Bertz CT molecular complexity index is 254. The lowest BCUT2D eigenvalue weighted by molar-refractivity contribution is -0.121. The summed E-state index contributed by atoms with van der Waals surface area (Å²) in [5.74, 6) is 0.205. The van der Waals surface area contributed by atoms with E-state index in [9.17, 15) is 4.79 Å². The number of unbranched alkanes of at least 4 members (excludes halogenated alkanes) is 9. The maximum atomic E-state index is 11.6. The summed E-state index contributed by atoms with van der Waals surface area (Å²) < 4.78 is 0. The highest BCUT2D eigenvalue weighted by Crippen LogP contribution is 2.06. The van der Waals surface area contributed by atoms with Gasteiger partial charge in [0.2, 0.25) is 5.91 Å². The Morgan fingerprint density at radius 1 is 0.783 bits per heavy atom. The molecule has 0 aliphatic rings. The molecule has 0 aliphatic heterocycles. The van der Waals surface area contributed by atoms with Gasteiger partial charge in [0.15, 0.2) is 0 Å². The van der Waals surface area contributed by atoms with Crippen molar-refractivity contribution in [1.29, 1.82) is 0 Å². The second-order valence-corrected chi connectivity index (χ2v) is 6.35. The molecule has 0 aromatic carbocycles. The smallest absolute Gasteiger partial charge is 0.220 e. The minimum Gasteiger partial charge on any atom is -0.353 e. The third kappa shape index (κ3) is 26.4. The van der Waals surface area contributed by atoms with Gasteiger partial charge in [-0.1, -0.05) is 97.6 Å². The fraction of sp³-hybridized carbons (Fsp3) is 0.857. The van der Waals surface area contributed by atoms with Gasteiger partial charge in [-0.2, -0.15) is 0 Å². The highest BCUT2D eigenvalue weighted by atomic mass is 16.1.